The van der Waals surface area contributed by atoms with E-state index >= 15 is 0 Å². The van der Waals surface area contributed by atoms with Crippen LogP contribution in [0.4, 0.5) is 4.39 Å². The molecule has 1 aromatic heterocycles. The van der Waals surface area contributed by atoms with Crippen molar-refractivity contribution >= 4 is 35.0 Å². The van der Waals surface area contributed by atoms with Crippen LogP contribution in [0.15, 0.2) is 40.9 Å². The number of rotatable bonds is 11. The third kappa shape index (κ3) is 8.25. The van der Waals surface area contributed by atoms with Crippen LogP contribution in [0.2, 0.25) is 10.0 Å². The van der Waals surface area contributed by atoms with Crippen LogP contribution in [-0.2, 0) is 11.2 Å². The molecule has 43 heavy (non-hydrogen) atoms. The monoisotopic (exact) mass is 631 g/mol. The smallest absolute Gasteiger partial charge is 0.251 e. The standard InChI is InChI=1S/C31H36Cl2FN5O4/c1-20(35-30(40)22-7-10-25(32)26(33)18-22)31(41)39-14-12-38(13-15-39)11-4-16-42-23-8-9-24(27(34)19-23)29-36-28(43-37-29)17-21-5-2-3-6-21/h7-10,18-21H,2-6,11-17H2,1H3,(H,35,40). The molecular weight excluding hydrogens is 596 g/mol. The molecule has 1 atom stereocenters. The molecular formula is C31H36Cl2FN5O4. The number of benzene rings is 2. The normalized spacial score (nSPS) is 16.8. The molecule has 2 aromatic carbocycles. The van der Waals surface area contributed by atoms with Gasteiger partial charge in [0.2, 0.25) is 17.6 Å². The highest BCUT2D eigenvalue weighted by Gasteiger charge is 2.26. The summed E-state index contributed by atoms with van der Waals surface area (Å²) in [5, 5.41) is 7.36. The zero-order valence-electron chi connectivity index (χ0n) is 24.2. The average Bonchev–Trinajstić information content (AvgIpc) is 3.69. The van der Waals surface area contributed by atoms with Gasteiger partial charge in [-0.25, -0.2) is 4.39 Å². The van der Waals surface area contributed by atoms with Crippen molar-refractivity contribution in [3.8, 4) is 17.1 Å². The lowest BCUT2D eigenvalue weighted by molar-refractivity contribution is -0.134. The number of hydrogen-bond acceptors (Lipinski definition) is 7. The van der Waals surface area contributed by atoms with Crippen LogP contribution in [0.5, 0.6) is 5.75 Å². The Morgan fingerprint density at radius 3 is 2.58 bits per heavy atom. The van der Waals surface area contributed by atoms with Crippen LogP contribution in [0.1, 0.15) is 55.3 Å². The Labute approximate surface area is 260 Å². The summed E-state index contributed by atoms with van der Waals surface area (Å²) >= 11 is 11.9. The highest BCUT2D eigenvalue weighted by Crippen LogP contribution is 2.29. The molecule has 9 nitrogen and oxygen atoms in total. The van der Waals surface area contributed by atoms with E-state index in [1.165, 1.54) is 37.8 Å². The van der Waals surface area contributed by atoms with Crippen LogP contribution >= 0.6 is 23.2 Å². The second-order valence-corrected chi connectivity index (χ2v) is 12.0. The zero-order valence-corrected chi connectivity index (χ0v) is 25.7. The molecule has 2 fully saturated rings. The molecule has 1 saturated heterocycles. The number of aromatic nitrogens is 2. The van der Waals surface area contributed by atoms with Crippen molar-refractivity contribution in [1.82, 2.24) is 25.3 Å². The zero-order chi connectivity index (χ0) is 30.3. The van der Waals surface area contributed by atoms with Crippen LogP contribution in [0.3, 0.4) is 0 Å². The molecule has 2 amide bonds. The summed E-state index contributed by atoms with van der Waals surface area (Å²) in [4.78, 5) is 33.9. The van der Waals surface area contributed by atoms with Crippen molar-refractivity contribution in [2.45, 2.75) is 51.5 Å². The second-order valence-electron chi connectivity index (χ2n) is 11.2. The van der Waals surface area contributed by atoms with Crippen molar-refractivity contribution in [3.63, 3.8) is 0 Å². The number of carbonyl (C=O) groups excluding carboxylic acids is 2. The maximum Gasteiger partial charge on any atom is 0.251 e. The third-order valence-electron chi connectivity index (χ3n) is 8.06. The number of nitrogens with zero attached hydrogens (tertiary/aromatic N) is 4. The molecule has 0 spiro atoms. The molecule has 0 radical (unpaired) electrons. The molecule has 1 saturated carbocycles. The van der Waals surface area contributed by atoms with E-state index < -0.39 is 11.9 Å². The quantitative estimate of drug-likeness (QED) is 0.273. The first-order valence-electron chi connectivity index (χ1n) is 14.8. The van der Waals surface area contributed by atoms with Crippen LogP contribution in [0, 0.1) is 11.7 Å². The highest BCUT2D eigenvalue weighted by atomic mass is 35.5. The Kier molecular flexibility index (Phi) is 10.5. The van der Waals surface area contributed by atoms with Gasteiger partial charge in [0, 0.05) is 50.8 Å². The fourth-order valence-electron chi connectivity index (χ4n) is 5.60. The lowest BCUT2D eigenvalue weighted by Gasteiger charge is -2.36. The van der Waals surface area contributed by atoms with Gasteiger partial charge in [0.05, 0.1) is 22.2 Å². The minimum absolute atomic E-state index is 0.132. The maximum absolute atomic E-state index is 14.8. The van der Waals surface area contributed by atoms with Gasteiger partial charge in [-0.3, -0.25) is 14.5 Å². The molecule has 1 unspecified atom stereocenters. The number of piperazine rings is 1. The number of carbonyl (C=O) groups is 2. The Morgan fingerprint density at radius 1 is 1.09 bits per heavy atom. The SMILES string of the molecule is CC(NC(=O)c1ccc(Cl)c(Cl)c1)C(=O)N1CCN(CCCOc2ccc(-c3noc(CC4CCCC4)n3)c(F)c2)CC1. The molecule has 1 aliphatic carbocycles. The number of nitrogens with one attached hydrogen (secondary N) is 1. The van der Waals surface area contributed by atoms with Gasteiger partial charge >= 0.3 is 0 Å². The number of halogens is 3. The second kappa shape index (κ2) is 14.5. The van der Waals surface area contributed by atoms with Crippen molar-refractivity contribution < 1.29 is 23.2 Å². The summed E-state index contributed by atoms with van der Waals surface area (Å²) in [5.41, 5.74) is 0.638. The molecule has 230 valence electrons. The van der Waals surface area contributed by atoms with E-state index in [4.69, 9.17) is 32.5 Å². The summed E-state index contributed by atoms with van der Waals surface area (Å²) in [6.07, 6.45) is 6.34. The topological polar surface area (TPSA) is 101 Å². The summed E-state index contributed by atoms with van der Waals surface area (Å²) in [5.74, 6) is 0.882. The first kappa shape index (κ1) is 31.2. The van der Waals surface area contributed by atoms with Gasteiger partial charge in [0.1, 0.15) is 17.6 Å². The molecule has 3 aromatic rings. The van der Waals surface area contributed by atoms with E-state index in [0.717, 1.165) is 32.5 Å². The molecule has 1 aliphatic heterocycles. The van der Waals surface area contributed by atoms with E-state index in [1.807, 2.05) is 0 Å². The highest BCUT2D eigenvalue weighted by molar-refractivity contribution is 6.42. The predicted octanol–water partition coefficient (Wildman–Crippen LogP) is 5.65. The average molecular weight is 633 g/mol. The van der Waals surface area contributed by atoms with E-state index in [9.17, 15) is 14.0 Å². The molecule has 1 N–H and O–H groups in total. The van der Waals surface area contributed by atoms with Gasteiger partial charge in [-0.1, -0.05) is 41.2 Å². The van der Waals surface area contributed by atoms with Crippen molar-refractivity contribution in [1.29, 1.82) is 0 Å². The molecule has 5 rings (SSSR count). The molecule has 12 heteroatoms. The van der Waals surface area contributed by atoms with E-state index in [2.05, 4.69) is 20.4 Å². The minimum Gasteiger partial charge on any atom is -0.493 e. The lowest BCUT2D eigenvalue weighted by Crippen LogP contribution is -2.54. The Morgan fingerprint density at radius 2 is 1.86 bits per heavy atom. The largest absolute Gasteiger partial charge is 0.493 e. The van der Waals surface area contributed by atoms with Crippen molar-refractivity contribution in [2.75, 3.05) is 39.3 Å². The Hall–Kier alpha value is -3.21. The van der Waals surface area contributed by atoms with Crippen molar-refractivity contribution in [2.24, 2.45) is 5.92 Å². The van der Waals surface area contributed by atoms with Gasteiger partial charge in [-0.15, -0.1) is 0 Å². The third-order valence-corrected chi connectivity index (χ3v) is 8.80. The summed E-state index contributed by atoms with van der Waals surface area (Å²) < 4.78 is 26.0. The van der Waals surface area contributed by atoms with E-state index in [0.29, 0.717) is 53.4 Å². The van der Waals surface area contributed by atoms with E-state index in [1.54, 1.807) is 36.1 Å². The van der Waals surface area contributed by atoms with Gasteiger partial charge in [0.15, 0.2) is 0 Å². The van der Waals surface area contributed by atoms with Gasteiger partial charge in [0.25, 0.3) is 5.91 Å². The summed E-state index contributed by atoms with van der Waals surface area (Å²) in [6, 6.07) is 8.62. The minimum atomic E-state index is -0.673. The fraction of sp³-hybridized carbons (Fsp3) is 0.484. The molecule has 0 bridgehead atoms. The fourth-order valence-corrected chi connectivity index (χ4v) is 5.90. The number of amides is 2. The first-order chi connectivity index (χ1) is 20.8. The van der Waals surface area contributed by atoms with Gasteiger partial charge < -0.3 is 19.5 Å². The first-order valence-corrected chi connectivity index (χ1v) is 15.5. The van der Waals surface area contributed by atoms with Crippen LogP contribution < -0.4 is 10.1 Å². The van der Waals surface area contributed by atoms with Gasteiger partial charge in [-0.05, 0) is 62.4 Å². The summed E-state index contributed by atoms with van der Waals surface area (Å²) in [7, 11) is 0. The Bertz CT molecular complexity index is 1420. The molecule has 2 aliphatic rings. The number of hydrogen-bond donors (Lipinski definition) is 1. The van der Waals surface area contributed by atoms with Crippen LogP contribution in [-0.4, -0.2) is 77.1 Å². The van der Waals surface area contributed by atoms with Gasteiger partial charge in [-0.2, -0.15) is 4.98 Å². The van der Waals surface area contributed by atoms with E-state index in [-0.39, 0.29) is 22.7 Å². The number of ether oxygens (including phenoxy) is 1. The van der Waals surface area contributed by atoms with Crippen molar-refractivity contribution in [3.05, 3.63) is 63.7 Å². The maximum atomic E-state index is 14.8. The predicted molar refractivity (Wildman–Crippen MR) is 162 cm³/mol. The van der Waals surface area contributed by atoms with Crippen LogP contribution in [0.25, 0.3) is 11.4 Å². The lowest BCUT2D eigenvalue weighted by atomic mass is 10.0. The Balaban J connectivity index is 1.00. The summed E-state index contributed by atoms with van der Waals surface area (Å²) in [6.45, 7) is 5.47. The molecule has 2 heterocycles.